The zero-order valence-electron chi connectivity index (χ0n) is 11.8. The fourth-order valence-corrected chi connectivity index (χ4v) is 3.69. The van der Waals surface area contributed by atoms with E-state index < -0.39 is 0 Å². The van der Waals surface area contributed by atoms with Crippen LogP contribution in [0.4, 0.5) is 0 Å². The van der Waals surface area contributed by atoms with Crippen LogP contribution in [0, 0.1) is 11.8 Å². The molecule has 0 aromatic heterocycles. The Morgan fingerprint density at radius 1 is 1.18 bits per heavy atom. The molecule has 0 aromatic carbocycles. The van der Waals surface area contributed by atoms with Gasteiger partial charge in [-0.1, -0.05) is 26.7 Å². The van der Waals surface area contributed by atoms with Gasteiger partial charge in [0.15, 0.2) is 0 Å². The van der Waals surface area contributed by atoms with Crippen LogP contribution in [0.5, 0.6) is 0 Å². The smallest absolute Gasteiger partial charge is 0.0697 e. The minimum atomic E-state index is 0.218. The maximum absolute atomic E-state index is 6.21. The van der Waals surface area contributed by atoms with Gasteiger partial charge in [0, 0.05) is 12.6 Å². The molecule has 3 atom stereocenters. The van der Waals surface area contributed by atoms with E-state index in [9.17, 15) is 0 Å². The van der Waals surface area contributed by atoms with E-state index in [0.29, 0.717) is 6.04 Å². The monoisotopic (exact) mass is 239 g/mol. The van der Waals surface area contributed by atoms with Crippen LogP contribution >= 0.6 is 0 Å². The van der Waals surface area contributed by atoms with Gasteiger partial charge in [0.1, 0.15) is 0 Å². The Morgan fingerprint density at radius 3 is 2.71 bits per heavy atom. The molecule has 2 aliphatic rings. The zero-order valence-corrected chi connectivity index (χ0v) is 11.8. The topological polar surface area (TPSA) is 21.3 Å². The van der Waals surface area contributed by atoms with Crippen molar-refractivity contribution < 1.29 is 4.74 Å². The molecule has 100 valence electrons. The van der Waals surface area contributed by atoms with E-state index in [4.69, 9.17) is 4.74 Å². The number of hydrogen-bond acceptors (Lipinski definition) is 2. The van der Waals surface area contributed by atoms with Gasteiger partial charge in [-0.25, -0.2) is 0 Å². The number of rotatable bonds is 2. The third-order valence-electron chi connectivity index (χ3n) is 5.02. The van der Waals surface area contributed by atoms with Crippen LogP contribution in [-0.4, -0.2) is 25.3 Å². The van der Waals surface area contributed by atoms with E-state index >= 15 is 0 Å². The Labute approximate surface area is 107 Å². The molecule has 1 heterocycles. The van der Waals surface area contributed by atoms with E-state index in [0.717, 1.165) is 18.4 Å². The number of ether oxygens (including phenoxy) is 1. The van der Waals surface area contributed by atoms with Gasteiger partial charge in [-0.15, -0.1) is 0 Å². The van der Waals surface area contributed by atoms with E-state index in [-0.39, 0.29) is 5.60 Å². The average Bonchev–Trinajstić information content (AvgIpc) is 2.52. The first-order chi connectivity index (χ1) is 8.15. The molecule has 1 N–H and O–H groups in total. The molecule has 17 heavy (non-hydrogen) atoms. The molecule has 2 nitrogen and oxygen atoms in total. The summed E-state index contributed by atoms with van der Waals surface area (Å²) in [4.78, 5) is 0. The van der Waals surface area contributed by atoms with Gasteiger partial charge in [0.25, 0.3) is 0 Å². The standard InChI is InChI=1S/C15H29NO/c1-12(2)13-5-4-8-15(9-6-13)11-14(16-3)7-10-17-15/h12-14,16H,4-11H2,1-3H3. The quantitative estimate of drug-likeness (QED) is 0.798. The Bertz CT molecular complexity index is 241. The third kappa shape index (κ3) is 3.23. The number of hydrogen-bond donors (Lipinski definition) is 1. The normalized spacial score (nSPS) is 39.5. The summed E-state index contributed by atoms with van der Waals surface area (Å²) in [7, 11) is 2.09. The van der Waals surface area contributed by atoms with Crippen LogP contribution in [0.3, 0.4) is 0 Å². The lowest BCUT2D eigenvalue weighted by molar-refractivity contribution is -0.0972. The molecule has 0 radical (unpaired) electrons. The SMILES string of the molecule is CNC1CCOC2(CCCC(C(C)C)CC2)C1. The molecule has 0 bridgehead atoms. The first-order valence-corrected chi connectivity index (χ1v) is 7.46. The molecule has 2 rings (SSSR count). The molecular weight excluding hydrogens is 210 g/mol. The van der Waals surface area contributed by atoms with E-state index in [2.05, 4.69) is 26.2 Å². The Morgan fingerprint density at radius 2 is 2.00 bits per heavy atom. The van der Waals surface area contributed by atoms with Gasteiger partial charge >= 0.3 is 0 Å². The zero-order chi connectivity index (χ0) is 12.3. The fourth-order valence-electron chi connectivity index (χ4n) is 3.69. The van der Waals surface area contributed by atoms with Crippen molar-refractivity contribution in [3.63, 3.8) is 0 Å². The Hall–Kier alpha value is -0.0800. The lowest BCUT2D eigenvalue weighted by Crippen LogP contribution is -2.45. The highest BCUT2D eigenvalue weighted by molar-refractivity contribution is 4.92. The van der Waals surface area contributed by atoms with Crippen LogP contribution in [0.15, 0.2) is 0 Å². The van der Waals surface area contributed by atoms with E-state index in [1.807, 2.05) is 0 Å². The van der Waals surface area contributed by atoms with Gasteiger partial charge < -0.3 is 10.1 Å². The summed E-state index contributed by atoms with van der Waals surface area (Å²) in [5.41, 5.74) is 0.218. The molecule has 1 saturated carbocycles. The van der Waals surface area contributed by atoms with Crippen molar-refractivity contribution in [1.29, 1.82) is 0 Å². The molecule has 1 spiro atoms. The van der Waals surface area contributed by atoms with Crippen molar-refractivity contribution in [2.75, 3.05) is 13.7 Å². The maximum atomic E-state index is 6.21. The molecule has 1 aliphatic carbocycles. The maximum Gasteiger partial charge on any atom is 0.0697 e. The van der Waals surface area contributed by atoms with Crippen molar-refractivity contribution in [3.8, 4) is 0 Å². The third-order valence-corrected chi connectivity index (χ3v) is 5.02. The molecule has 3 unspecified atom stereocenters. The van der Waals surface area contributed by atoms with Crippen molar-refractivity contribution in [2.45, 2.75) is 70.4 Å². The summed E-state index contributed by atoms with van der Waals surface area (Å²) in [5.74, 6) is 1.77. The van der Waals surface area contributed by atoms with Crippen molar-refractivity contribution >= 4 is 0 Å². The van der Waals surface area contributed by atoms with Crippen LogP contribution in [0.1, 0.15) is 58.8 Å². The molecule has 0 aromatic rings. The van der Waals surface area contributed by atoms with E-state index in [1.54, 1.807) is 0 Å². The van der Waals surface area contributed by atoms with Crippen LogP contribution in [0.25, 0.3) is 0 Å². The highest BCUT2D eigenvalue weighted by Gasteiger charge is 2.38. The van der Waals surface area contributed by atoms with Crippen LogP contribution in [-0.2, 0) is 4.74 Å². The molecule has 1 aliphatic heterocycles. The summed E-state index contributed by atoms with van der Waals surface area (Å²) in [5, 5.41) is 3.45. The van der Waals surface area contributed by atoms with Crippen molar-refractivity contribution in [3.05, 3.63) is 0 Å². The first-order valence-electron chi connectivity index (χ1n) is 7.46. The molecule has 2 heteroatoms. The highest BCUT2D eigenvalue weighted by atomic mass is 16.5. The van der Waals surface area contributed by atoms with Gasteiger partial charge in [-0.05, 0) is 51.0 Å². The lowest BCUT2D eigenvalue weighted by Gasteiger charge is -2.40. The average molecular weight is 239 g/mol. The minimum absolute atomic E-state index is 0.218. The largest absolute Gasteiger partial charge is 0.375 e. The lowest BCUT2D eigenvalue weighted by atomic mass is 9.83. The van der Waals surface area contributed by atoms with Crippen molar-refractivity contribution in [2.24, 2.45) is 11.8 Å². The first kappa shape index (κ1) is 13.4. The fraction of sp³-hybridized carbons (Fsp3) is 1.00. The molecule has 0 amide bonds. The molecule has 2 fully saturated rings. The van der Waals surface area contributed by atoms with Gasteiger partial charge in [0.2, 0.25) is 0 Å². The van der Waals surface area contributed by atoms with Gasteiger partial charge in [-0.2, -0.15) is 0 Å². The Kier molecular flexibility index (Phi) is 4.48. The number of nitrogens with one attached hydrogen (secondary N) is 1. The summed E-state index contributed by atoms with van der Waals surface area (Å²) < 4.78 is 6.21. The predicted octanol–water partition coefficient (Wildman–Crippen LogP) is 3.36. The van der Waals surface area contributed by atoms with Crippen LogP contribution in [0.2, 0.25) is 0 Å². The predicted molar refractivity (Wildman–Crippen MR) is 72.2 cm³/mol. The van der Waals surface area contributed by atoms with Gasteiger partial charge in [0.05, 0.1) is 5.60 Å². The summed E-state index contributed by atoms with van der Waals surface area (Å²) in [6.07, 6.45) is 9.13. The molecular formula is C15H29NO. The summed E-state index contributed by atoms with van der Waals surface area (Å²) >= 11 is 0. The van der Waals surface area contributed by atoms with Crippen LogP contribution < -0.4 is 5.32 Å². The summed E-state index contributed by atoms with van der Waals surface area (Å²) in [6.45, 7) is 5.71. The molecule has 1 saturated heterocycles. The minimum Gasteiger partial charge on any atom is -0.375 e. The van der Waals surface area contributed by atoms with Gasteiger partial charge in [-0.3, -0.25) is 0 Å². The highest BCUT2D eigenvalue weighted by Crippen LogP contribution is 2.40. The Balaban J connectivity index is 1.96. The van der Waals surface area contributed by atoms with E-state index in [1.165, 1.54) is 44.9 Å². The second kappa shape index (κ2) is 5.71. The van der Waals surface area contributed by atoms with Crippen molar-refractivity contribution in [1.82, 2.24) is 5.32 Å². The summed E-state index contributed by atoms with van der Waals surface area (Å²) in [6, 6.07) is 0.680. The second-order valence-corrected chi connectivity index (χ2v) is 6.44. The second-order valence-electron chi connectivity index (χ2n) is 6.44.